The van der Waals surface area contributed by atoms with Gasteiger partial charge in [-0.2, -0.15) is 0 Å². The topological polar surface area (TPSA) is 38.8 Å². The zero-order chi connectivity index (χ0) is 20.4. The summed E-state index contributed by atoms with van der Waals surface area (Å²) in [4.78, 5) is 14.1. The van der Waals surface area contributed by atoms with E-state index in [4.69, 9.17) is 9.47 Å². The number of halogens is 1. The molecule has 4 nitrogen and oxygen atoms in total. The van der Waals surface area contributed by atoms with Crippen molar-refractivity contribution < 1.29 is 18.7 Å². The van der Waals surface area contributed by atoms with Crippen LogP contribution in [0.25, 0.3) is 6.08 Å². The highest BCUT2D eigenvalue weighted by atomic mass is 19.1. The number of rotatable bonds is 10. The van der Waals surface area contributed by atoms with Crippen LogP contribution < -0.4 is 9.47 Å². The lowest BCUT2D eigenvalue weighted by molar-refractivity contribution is -0.126. The Bertz CT molecular complexity index is 861. The van der Waals surface area contributed by atoms with Gasteiger partial charge in [-0.1, -0.05) is 43.0 Å². The summed E-state index contributed by atoms with van der Waals surface area (Å²) in [5.41, 5.74) is 1.23. The first-order chi connectivity index (χ1) is 13.6. The molecular formula is C23H24FNO3. The molecule has 0 fully saturated rings. The molecule has 0 unspecified atom stereocenters. The van der Waals surface area contributed by atoms with Gasteiger partial charge in [-0.25, -0.2) is 4.39 Å². The Hall–Kier alpha value is -3.34. The average Bonchev–Trinajstić information content (AvgIpc) is 2.71. The van der Waals surface area contributed by atoms with Crippen LogP contribution in [-0.2, 0) is 11.3 Å². The van der Waals surface area contributed by atoms with E-state index >= 15 is 0 Å². The van der Waals surface area contributed by atoms with Crippen LogP contribution in [-0.4, -0.2) is 31.1 Å². The van der Waals surface area contributed by atoms with Gasteiger partial charge in [0.25, 0.3) is 0 Å². The number of carbonyl (C=O) groups excluding carboxylic acids is 1. The molecule has 0 radical (unpaired) electrons. The lowest BCUT2D eigenvalue weighted by Gasteiger charge is -2.20. The number of nitrogens with zero attached hydrogens (tertiary/aromatic N) is 1. The Balaban J connectivity index is 2.13. The number of benzene rings is 2. The van der Waals surface area contributed by atoms with E-state index in [2.05, 4.69) is 13.2 Å². The number of methoxy groups -OCH3 is 1. The molecule has 0 saturated heterocycles. The van der Waals surface area contributed by atoms with Crippen LogP contribution in [0.2, 0.25) is 0 Å². The zero-order valence-electron chi connectivity index (χ0n) is 15.9. The predicted octanol–water partition coefficient (Wildman–Crippen LogP) is 4.63. The van der Waals surface area contributed by atoms with E-state index in [9.17, 15) is 9.18 Å². The molecule has 5 heteroatoms. The molecule has 1 amide bonds. The second-order valence-electron chi connectivity index (χ2n) is 5.94. The fourth-order valence-corrected chi connectivity index (χ4v) is 2.55. The number of carbonyl (C=O) groups is 1. The van der Waals surface area contributed by atoms with Gasteiger partial charge in [0.05, 0.1) is 7.11 Å². The molecule has 0 bridgehead atoms. The molecule has 0 aromatic heterocycles. The molecule has 0 spiro atoms. The quantitative estimate of drug-likeness (QED) is 0.445. The van der Waals surface area contributed by atoms with Crippen LogP contribution in [0.3, 0.4) is 0 Å². The normalized spacial score (nSPS) is 10.5. The third-order valence-electron chi connectivity index (χ3n) is 3.94. The first kappa shape index (κ1) is 21.0. The monoisotopic (exact) mass is 381 g/mol. The molecule has 2 aromatic carbocycles. The van der Waals surface area contributed by atoms with Crippen molar-refractivity contribution in [2.75, 3.05) is 20.3 Å². The van der Waals surface area contributed by atoms with Crippen molar-refractivity contribution in [3.63, 3.8) is 0 Å². The summed E-state index contributed by atoms with van der Waals surface area (Å²) < 4.78 is 24.7. The summed E-state index contributed by atoms with van der Waals surface area (Å²) in [5.74, 6) is 0.576. The maximum absolute atomic E-state index is 13.9. The van der Waals surface area contributed by atoms with E-state index in [-0.39, 0.29) is 18.3 Å². The van der Waals surface area contributed by atoms with Crippen molar-refractivity contribution in [1.29, 1.82) is 0 Å². The first-order valence-corrected chi connectivity index (χ1v) is 8.82. The fraction of sp³-hybridized carbons (Fsp3) is 0.174. The van der Waals surface area contributed by atoms with E-state index in [1.165, 1.54) is 17.0 Å². The Kier molecular flexibility index (Phi) is 8.03. The highest BCUT2D eigenvalue weighted by Crippen LogP contribution is 2.28. The van der Waals surface area contributed by atoms with Gasteiger partial charge in [-0.15, -0.1) is 6.58 Å². The molecule has 2 aromatic rings. The van der Waals surface area contributed by atoms with Gasteiger partial charge in [-0.3, -0.25) is 4.79 Å². The summed E-state index contributed by atoms with van der Waals surface area (Å²) >= 11 is 0. The van der Waals surface area contributed by atoms with Crippen LogP contribution in [0.5, 0.6) is 11.5 Å². The molecule has 0 N–H and O–H groups in total. The van der Waals surface area contributed by atoms with Gasteiger partial charge in [-0.05, 0) is 29.8 Å². The van der Waals surface area contributed by atoms with Gasteiger partial charge in [0.2, 0.25) is 5.91 Å². The standard InChI is InChI=1S/C23H24FNO3/c1-4-14-25(17-19-8-6-7-9-20(19)24)23(26)13-11-18-10-12-21(28-15-5-2)22(16-18)27-3/h4-13,16H,1-2,14-15,17H2,3H3/b13-11+. The van der Waals surface area contributed by atoms with Crippen LogP contribution >= 0.6 is 0 Å². The SMILES string of the molecule is C=CCOc1ccc(/C=C/C(=O)N(CC=C)Cc2ccccc2F)cc1OC. The van der Waals surface area contributed by atoms with Crippen molar-refractivity contribution >= 4 is 12.0 Å². The predicted molar refractivity (Wildman–Crippen MR) is 110 cm³/mol. The first-order valence-electron chi connectivity index (χ1n) is 8.82. The average molecular weight is 381 g/mol. The molecule has 28 heavy (non-hydrogen) atoms. The molecule has 0 atom stereocenters. The van der Waals surface area contributed by atoms with Crippen LogP contribution in [0, 0.1) is 5.82 Å². The van der Waals surface area contributed by atoms with Gasteiger partial charge >= 0.3 is 0 Å². The highest BCUT2D eigenvalue weighted by molar-refractivity contribution is 5.92. The second-order valence-corrected chi connectivity index (χ2v) is 5.94. The largest absolute Gasteiger partial charge is 0.493 e. The summed E-state index contributed by atoms with van der Waals surface area (Å²) in [5, 5.41) is 0. The van der Waals surface area contributed by atoms with E-state index in [0.29, 0.717) is 30.2 Å². The van der Waals surface area contributed by atoms with Gasteiger partial charge < -0.3 is 14.4 Å². The summed E-state index contributed by atoms with van der Waals surface area (Å²) in [6.45, 7) is 8.14. The fourth-order valence-electron chi connectivity index (χ4n) is 2.55. The molecule has 0 aliphatic carbocycles. The highest BCUT2D eigenvalue weighted by Gasteiger charge is 2.12. The van der Waals surface area contributed by atoms with Gasteiger partial charge in [0, 0.05) is 24.7 Å². The van der Waals surface area contributed by atoms with E-state index < -0.39 is 0 Å². The molecule has 0 saturated carbocycles. The Labute approximate surface area is 165 Å². The smallest absolute Gasteiger partial charge is 0.247 e. The second kappa shape index (κ2) is 10.7. The Morgan fingerprint density at radius 3 is 2.61 bits per heavy atom. The molecular weight excluding hydrogens is 357 g/mol. The summed E-state index contributed by atoms with van der Waals surface area (Å²) in [6.07, 6.45) is 6.39. The van der Waals surface area contributed by atoms with E-state index in [1.54, 1.807) is 55.7 Å². The van der Waals surface area contributed by atoms with Crippen LogP contribution in [0.1, 0.15) is 11.1 Å². The van der Waals surface area contributed by atoms with Gasteiger partial charge in [0.15, 0.2) is 11.5 Å². The number of amides is 1. The molecule has 0 heterocycles. The van der Waals surface area contributed by atoms with Crippen molar-refractivity contribution in [3.05, 3.63) is 90.8 Å². The zero-order valence-corrected chi connectivity index (χ0v) is 15.9. The molecule has 0 aliphatic rings. The molecule has 2 rings (SSSR count). The van der Waals surface area contributed by atoms with Crippen LogP contribution in [0.15, 0.2) is 73.9 Å². The van der Waals surface area contributed by atoms with E-state index in [1.807, 2.05) is 6.07 Å². The Morgan fingerprint density at radius 1 is 1.14 bits per heavy atom. The Morgan fingerprint density at radius 2 is 1.93 bits per heavy atom. The van der Waals surface area contributed by atoms with Gasteiger partial charge in [0.1, 0.15) is 12.4 Å². The number of hydrogen-bond acceptors (Lipinski definition) is 3. The van der Waals surface area contributed by atoms with Crippen molar-refractivity contribution in [2.45, 2.75) is 6.54 Å². The maximum Gasteiger partial charge on any atom is 0.247 e. The molecule has 0 aliphatic heterocycles. The van der Waals surface area contributed by atoms with Crippen LogP contribution in [0.4, 0.5) is 4.39 Å². The summed E-state index contributed by atoms with van der Waals surface area (Å²) in [7, 11) is 1.55. The minimum atomic E-state index is -0.340. The lowest BCUT2D eigenvalue weighted by Crippen LogP contribution is -2.29. The number of hydrogen-bond donors (Lipinski definition) is 0. The van der Waals surface area contributed by atoms with Crippen molar-refractivity contribution in [1.82, 2.24) is 4.90 Å². The summed E-state index contributed by atoms with van der Waals surface area (Å²) in [6, 6.07) is 11.8. The number of ether oxygens (including phenoxy) is 2. The van der Waals surface area contributed by atoms with E-state index in [0.717, 1.165) is 5.56 Å². The minimum Gasteiger partial charge on any atom is -0.493 e. The van der Waals surface area contributed by atoms with Crippen molar-refractivity contribution in [2.24, 2.45) is 0 Å². The van der Waals surface area contributed by atoms with Crippen molar-refractivity contribution in [3.8, 4) is 11.5 Å². The third-order valence-corrected chi connectivity index (χ3v) is 3.94. The minimum absolute atomic E-state index is 0.166. The third kappa shape index (κ3) is 5.84. The maximum atomic E-state index is 13.9. The molecule has 146 valence electrons. The lowest BCUT2D eigenvalue weighted by atomic mass is 10.1.